The van der Waals surface area contributed by atoms with Crippen molar-refractivity contribution in [2.24, 2.45) is 7.05 Å². The third-order valence-electron chi connectivity index (χ3n) is 4.52. The van der Waals surface area contributed by atoms with Crippen LogP contribution in [0.4, 0.5) is 0 Å². The summed E-state index contributed by atoms with van der Waals surface area (Å²) >= 11 is 0. The first-order valence-corrected chi connectivity index (χ1v) is 8.25. The van der Waals surface area contributed by atoms with Crippen LogP contribution < -0.4 is 0 Å². The van der Waals surface area contributed by atoms with Gasteiger partial charge >= 0.3 is 5.97 Å². The Morgan fingerprint density at radius 2 is 1.85 bits per heavy atom. The van der Waals surface area contributed by atoms with Gasteiger partial charge in [-0.05, 0) is 32.4 Å². The Balaban J connectivity index is 1.78. The molecule has 0 bridgehead atoms. The van der Waals surface area contributed by atoms with E-state index in [0.29, 0.717) is 28.1 Å². The summed E-state index contributed by atoms with van der Waals surface area (Å²) in [5.41, 5.74) is 3.36. The van der Waals surface area contributed by atoms with E-state index < -0.39 is 5.97 Å². The average Bonchev–Trinajstić information content (AvgIpc) is 3.09. The lowest BCUT2D eigenvalue weighted by Crippen LogP contribution is -2.15. The van der Waals surface area contributed by atoms with E-state index in [-0.39, 0.29) is 18.2 Å². The predicted octanol–water partition coefficient (Wildman–Crippen LogP) is 3.37. The van der Waals surface area contributed by atoms with Gasteiger partial charge in [-0.2, -0.15) is 0 Å². The fourth-order valence-electron chi connectivity index (χ4n) is 3.34. The predicted molar refractivity (Wildman–Crippen MR) is 97.8 cm³/mol. The van der Waals surface area contributed by atoms with Crippen molar-refractivity contribution in [1.82, 2.24) is 9.55 Å². The molecule has 0 aliphatic carbocycles. The summed E-state index contributed by atoms with van der Waals surface area (Å²) in [6.07, 6.45) is 1.69. The zero-order valence-corrected chi connectivity index (χ0v) is 15.2. The molecule has 0 unspecified atom stereocenters. The van der Waals surface area contributed by atoms with Gasteiger partial charge in [0.15, 0.2) is 12.4 Å². The number of ether oxygens (including phenoxy) is 1. The number of aryl methyl sites for hydroxylation is 2. The largest absolute Gasteiger partial charge is 0.454 e. The lowest BCUT2D eigenvalue weighted by molar-refractivity contribution is 0.0475. The summed E-state index contributed by atoms with van der Waals surface area (Å²) in [6, 6.07) is 7.49. The van der Waals surface area contributed by atoms with Gasteiger partial charge in [0.25, 0.3) is 0 Å². The van der Waals surface area contributed by atoms with E-state index in [1.165, 1.54) is 6.92 Å². The van der Waals surface area contributed by atoms with Crippen molar-refractivity contribution in [2.75, 3.05) is 6.61 Å². The van der Waals surface area contributed by atoms with Crippen LogP contribution in [0.1, 0.15) is 49.4 Å². The minimum absolute atomic E-state index is 0.108. The summed E-state index contributed by atoms with van der Waals surface area (Å²) in [6.45, 7) is 4.51. The topological polar surface area (TPSA) is 81.2 Å². The Kier molecular flexibility index (Phi) is 4.50. The van der Waals surface area contributed by atoms with Gasteiger partial charge in [-0.15, -0.1) is 0 Å². The number of Topliss-reactive ketones (excluding diaryl/α,β-unsaturated/α-hetero) is 2. The number of carbonyl (C=O) groups is 3. The normalized spacial score (nSPS) is 10.9. The smallest absolute Gasteiger partial charge is 0.340 e. The van der Waals surface area contributed by atoms with E-state index >= 15 is 0 Å². The monoisotopic (exact) mass is 352 g/mol. The molecule has 0 aliphatic rings. The molecule has 0 aliphatic heterocycles. The van der Waals surface area contributed by atoms with Crippen molar-refractivity contribution in [3.63, 3.8) is 0 Å². The van der Waals surface area contributed by atoms with Crippen molar-refractivity contribution < 1.29 is 19.1 Å². The van der Waals surface area contributed by atoms with Crippen LogP contribution in [-0.4, -0.2) is 33.7 Å². The van der Waals surface area contributed by atoms with Gasteiger partial charge in [-0.25, -0.2) is 4.79 Å². The molecule has 0 spiro atoms. The number of aromatic nitrogens is 2. The number of ketones is 2. The number of para-hydroxylation sites is 1. The highest BCUT2D eigenvalue weighted by Gasteiger charge is 2.22. The molecule has 0 saturated heterocycles. The van der Waals surface area contributed by atoms with Gasteiger partial charge in [0, 0.05) is 35.4 Å². The van der Waals surface area contributed by atoms with Gasteiger partial charge < -0.3 is 14.3 Å². The van der Waals surface area contributed by atoms with E-state index in [0.717, 1.165) is 10.9 Å². The third kappa shape index (κ3) is 2.94. The Morgan fingerprint density at radius 3 is 2.50 bits per heavy atom. The summed E-state index contributed by atoms with van der Waals surface area (Å²) in [5, 5.41) is 0.776. The molecule has 1 aromatic carbocycles. The molecule has 2 aromatic heterocycles. The fourth-order valence-corrected chi connectivity index (χ4v) is 3.34. The van der Waals surface area contributed by atoms with Crippen molar-refractivity contribution >= 4 is 28.4 Å². The number of H-pyrrole nitrogens is 1. The molecule has 0 radical (unpaired) electrons. The number of esters is 1. The van der Waals surface area contributed by atoms with Crippen molar-refractivity contribution in [3.8, 4) is 0 Å². The second-order valence-corrected chi connectivity index (χ2v) is 6.35. The quantitative estimate of drug-likeness (QED) is 0.564. The van der Waals surface area contributed by atoms with Crippen LogP contribution >= 0.6 is 0 Å². The molecule has 1 N–H and O–H groups in total. The first-order chi connectivity index (χ1) is 12.3. The lowest BCUT2D eigenvalue weighted by Gasteiger charge is -2.04. The number of nitrogens with zero attached hydrogens (tertiary/aromatic N) is 1. The molecule has 0 saturated carbocycles. The maximum atomic E-state index is 12.4. The number of hydrogen-bond donors (Lipinski definition) is 1. The van der Waals surface area contributed by atoms with Crippen LogP contribution in [0.3, 0.4) is 0 Å². The molecule has 3 aromatic rings. The molecular weight excluding hydrogens is 332 g/mol. The molecule has 134 valence electrons. The van der Waals surface area contributed by atoms with Crippen LogP contribution in [0, 0.1) is 13.8 Å². The van der Waals surface area contributed by atoms with E-state index in [2.05, 4.69) is 4.98 Å². The second kappa shape index (κ2) is 6.63. The first kappa shape index (κ1) is 17.7. The van der Waals surface area contributed by atoms with E-state index in [1.54, 1.807) is 20.0 Å². The lowest BCUT2D eigenvalue weighted by atomic mass is 10.1. The number of aromatic amines is 1. The molecule has 6 nitrogen and oxygen atoms in total. The highest BCUT2D eigenvalue weighted by molar-refractivity contribution is 6.07. The number of carbonyl (C=O) groups excluding carboxylic acids is 3. The Bertz CT molecular complexity index is 1040. The van der Waals surface area contributed by atoms with E-state index in [4.69, 9.17) is 4.74 Å². The van der Waals surface area contributed by atoms with Crippen molar-refractivity contribution in [2.45, 2.75) is 20.8 Å². The van der Waals surface area contributed by atoms with E-state index in [9.17, 15) is 14.4 Å². The van der Waals surface area contributed by atoms with E-state index in [1.807, 2.05) is 35.9 Å². The maximum Gasteiger partial charge on any atom is 0.340 e. The zero-order chi connectivity index (χ0) is 19.0. The van der Waals surface area contributed by atoms with Gasteiger partial charge in [0.2, 0.25) is 5.78 Å². The molecule has 0 amide bonds. The SMILES string of the molecule is CC(=O)c1c(C)[nH]c(C(=O)COC(=O)c2cn(C)c3ccccc23)c1C. The van der Waals surface area contributed by atoms with Gasteiger partial charge in [-0.1, -0.05) is 18.2 Å². The molecule has 0 fully saturated rings. The molecule has 26 heavy (non-hydrogen) atoms. The number of benzene rings is 1. The highest BCUT2D eigenvalue weighted by atomic mass is 16.5. The van der Waals surface area contributed by atoms with Crippen LogP contribution in [0.15, 0.2) is 30.5 Å². The Morgan fingerprint density at radius 1 is 1.15 bits per heavy atom. The number of rotatable bonds is 5. The fraction of sp³-hybridized carbons (Fsp3) is 0.250. The van der Waals surface area contributed by atoms with Gasteiger partial charge in [-0.3, -0.25) is 9.59 Å². The standard InChI is InChI=1S/C20H20N2O4/c1-11-18(13(3)23)12(2)21-19(11)17(24)10-26-20(25)15-9-22(4)16-8-6-5-7-14(15)16/h5-9,21H,10H2,1-4H3. The van der Waals surface area contributed by atoms with Crippen LogP contribution in [0.5, 0.6) is 0 Å². The van der Waals surface area contributed by atoms with Crippen LogP contribution in [-0.2, 0) is 11.8 Å². The number of nitrogens with one attached hydrogen (secondary N) is 1. The molecular formula is C20H20N2O4. The van der Waals surface area contributed by atoms with Crippen molar-refractivity contribution in [3.05, 3.63) is 58.5 Å². The number of hydrogen-bond acceptors (Lipinski definition) is 4. The molecule has 3 rings (SSSR count). The second-order valence-electron chi connectivity index (χ2n) is 6.35. The third-order valence-corrected chi connectivity index (χ3v) is 4.52. The zero-order valence-electron chi connectivity index (χ0n) is 15.2. The van der Waals surface area contributed by atoms with Crippen LogP contribution in [0.25, 0.3) is 10.9 Å². The molecule has 6 heteroatoms. The average molecular weight is 352 g/mol. The van der Waals surface area contributed by atoms with Gasteiger partial charge in [0.05, 0.1) is 11.3 Å². The summed E-state index contributed by atoms with van der Waals surface area (Å²) in [4.78, 5) is 39.5. The Labute approximate surface area is 150 Å². The Hall–Kier alpha value is -3.15. The van der Waals surface area contributed by atoms with Crippen molar-refractivity contribution in [1.29, 1.82) is 0 Å². The summed E-state index contributed by atoms with van der Waals surface area (Å²) in [5.74, 6) is -1.03. The molecule has 2 heterocycles. The molecule has 0 atom stereocenters. The van der Waals surface area contributed by atoms with Crippen LogP contribution in [0.2, 0.25) is 0 Å². The summed E-state index contributed by atoms with van der Waals surface area (Å²) < 4.78 is 7.06. The maximum absolute atomic E-state index is 12.4. The first-order valence-electron chi connectivity index (χ1n) is 8.25. The minimum atomic E-state index is -0.553. The highest BCUT2D eigenvalue weighted by Crippen LogP contribution is 2.22. The minimum Gasteiger partial charge on any atom is -0.454 e. The van der Waals surface area contributed by atoms with Gasteiger partial charge in [0.1, 0.15) is 0 Å². The number of fused-ring (bicyclic) bond motifs is 1. The summed E-state index contributed by atoms with van der Waals surface area (Å²) in [7, 11) is 1.85.